The van der Waals surface area contributed by atoms with Gasteiger partial charge in [0.15, 0.2) is 0 Å². The second-order valence-corrected chi connectivity index (χ2v) is 6.49. The Morgan fingerprint density at radius 1 is 1.38 bits per heavy atom. The number of hydrogen-bond donors (Lipinski definition) is 1. The van der Waals surface area contributed by atoms with E-state index in [1.807, 2.05) is 24.4 Å². The second kappa shape index (κ2) is 5.48. The lowest BCUT2D eigenvalue weighted by molar-refractivity contribution is -0.143. The number of amides is 1. The summed E-state index contributed by atoms with van der Waals surface area (Å²) in [5.74, 6) is -1.29. The zero-order valence-electron chi connectivity index (χ0n) is 11.8. The van der Waals surface area contributed by atoms with Gasteiger partial charge in [0.05, 0.1) is 11.5 Å². The third kappa shape index (κ3) is 2.65. The third-order valence-electron chi connectivity index (χ3n) is 4.02. The summed E-state index contributed by atoms with van der Waals surface area (Å²) in [4.78, 5) is 25.5. The highest BCUT2D eigenvalue weighted by Crippen LogP contribution is 2.29. The van der Waals surface area contributed by atoms with Crippen LogP contribution in [0.25, 0.3) is 10.1 Å². The summed E-state index contributed by atoms with van der Waals surface area (Å²) < 4.78 is 1.10. The molecule has 0 saturated carbocycles. The van der Waals surface area contributed by atoms with Crippen molar-refractivity contribution in [1.82, 2.24) is 4.90 Å². The normalized spacial score (nSPS) is 18.9. The number of carboxylic acids is 1. The number of piperidine rings is 1. The molecule has 1 aliphatic rings. The minimum Gasteiger partial charge on any atom is -0.481 e. The van der Waals surface area contributed by atoms with E-state index in [1.54, 1.807) is 16.2 Å². The maximum absolute atomic E-state index is 12.7. The van der Waals surface area contributed by atoms with Crippen molar-refractivity contribution < 1.29 is 14.7 Å². The first-order chi connectivity index (χ1) is 10.1. The molecule has 1 N–H and O–H groups in total. The highest BCUT2D eigenvalue weighted by atomic mass is 32.1. The molecule has 4 nitrogen and oxygen atoms in total. The van der Waals surface area contributed by atoms with Gasteiger partial charge in [0.2, 0.25) is 0 Å². The van der Waals surface area contributed by atoms with Crippen LogP contribution in [0.15, 0.2) is 23.6 Å². The third-order valence-corrected chi connectivity index (χ3v) is 4.96. The average Bonchev–Trinajstić information content (AvgIpc) is 2.89. The molecule has 5 heteroatoms. The number of aryl methyl sites for hydroxylation is 1. The Bertz CT molecular complexity index is 707. The fourth-order valence-electron chi connectivity index (χ4n) is 2.83. The Hall–Kier alpha value is -1.88. The Kier molecular flexibility index (Phi) is 3.68. The van der Waals surface area contributed by atoms with E-state index in [0.717, 1.165) is 16.5 Å². The molecule has 1 aliphatic heterocycles. The van der Waals surface area contributed by atoms with E-state index in [4.69, 9.17) is 5.11 Å². The fraction of sp³-hybridized carbons (Fsp3) is 0.375. The topological polar surface area (TPSA) is 57.6 Å². The Labute approximate surface area is 127 Å². The molecule has 0 bridgehead atoms. The number of benzene rings is 1. The van der Waals surface area contributed by atoms with E-state index in [0.29, 0.717) is 25.1 Å². The van der Waals surface area contributed by atoms with Crippen molar-refractivity contribution in [3.8, 4) is 0 Å². The van der Waals surface area contributed by atoms with Crippen LogP contribution in [0.1, 0.15) is 28.8 Å². The van der Waals surface area contributed by atoms with Crippen LogP contribution >= 0.6 is 11.3 Å². The summed E-state index contributed by atoms with van der Waals surface area (Å²) in [6.45, 7) is 2.99. The summed E-state index contributed by atoms with van der Waals surface area (Å²) in [5.41, 5.74) is 1.87. The Balaban J connectivity index is 1.88. The number of carbonyl (C=O) groups excluding carboxylic acids is 1. The van der Waals surface area contributed by atoms with Crippen molar-refractivity contribution in [2.45, 2.75) is 19.8 Å². The number of nitrogens with zero attached hydrogens (tertiary/aromatic N) is 1. The number of carbonyl (C=O) groups is 2. The summed E-state index contributed by atoms with van der Waals surface area (Å²) in [7, 11) is 0. The zero-order chi connectivity index (χ0) is 15.0. The zero-order valence-corrected chi connectivity index (χ0v) is 12.7. The van der Waals surface area contributed by atoms with Crippen LogP contribution in [0.5, 0.6) is 0 Å². The van der Waals surface area contributed by atoms with E-state index in [1.165, 1.54) is 5.56 Å². The highest BCUT2D eigenvalue weighted by molar-refractivity contribution is 7.17. The van der Waals surface area contributed by atoms with Crippen LogP contribution < -0.4 is 0 Å². The number of likely N-dealkylation sites (tertiary alicyclic amines) is 1. The first-order valence-electron chi connectivity index (χ1n) is 7.06. The molecule has 0 radical (unpaired) electrons. The lowest BCUT2D eigenvalue weighted by Crippen LogP contribution is -2.42. The van der Waals surface area contributed by atoms with Crippen LogP contribution in [0, 0.1) is 12.8 Å². The lowest BCUT2D eigenvalue weighted by atomic mass is 9.97. The molecule has 1 fully saturated rings. The molecule has 3 rings (SSSR count). The number of carboxylic acid groups (broad SMARTS) is 1. The van der Waals surface area contributed by atoms with Crippen LogP contribution in [0.3, 0.4) is 0 Å². The molecule has 1 amide bonds. The van der Waals surface area contributed by atoms with Gasteiger partial charge in [0.25, 0.3) is 5.91 Å². The van der Waals surface area contributed by atoms with Crippen LogP contribution in [0.2, 0.25) is 0 Å². The molecular formula is C16H17NO3S. The quantitative estimate of drug-likeness (QED) is 0.927. The van der Waals surface area contributed by atoms with Crippen LogP contribution in [0.4, 0.5) is 0 Å². The maximum Gasteiger partial charge on any atom is 0.308 e. The molecule has 21 heavy (non-hydrogen) atoms. The lowest BCUT2D eigenvalue weighted by Gasteiger charge is -2.30. The van der Waals surface area contributed by atoms with E-state index in [-0.39, 0.29) is 5.91 Å². The van der Waals surface area contributed by atoms with Gasteiger partial charge >= 0.3 is 5.97 Å². The maximum atomic E-state index is 12.7. The molecule has 1 atom stereocenters. The second-order valence-electron chi connectivity index (χ2n) is 5.58. The number of aliphatic carboxylic acids is 1. The van der Waals surface area contributed by atoms with Crippen molar-refractivity contribution in [3.63, 3.8) is 0 Å². The molecule has 110 valence electrons. The number of thiophene rings is 1. The minimum absolute atomic E-state index is 0.0453. The van der Waals surface area contributed by atoms with Gasteiger partial charge < -0.3 is 10.0 Å². The minimum atomic E-state index is -0.807. The van der Waals surface area contributed by atoms with E-state index in [2.05, 4.69) is 6.07 Å². The van der Waals surface area contributed by atoms with Gasteiger partial charge in [-0.05, 0) is 31.4 Å². The van der Waals surface area contributed by atoms with Crippen molar-refractivity contribution in [2.75, 3.05) is 13.1 Å². The van der Waals surface area contributed by atoms with Gasteiger partial charge in [-0.25, -0.2) is 0 Å². The van der Waals surface area contributed by atoms with Crippen LogP contribution in [-0.4, -0.2) is 35.0 Å². The predicted molar refractivity (Wildman–Crippen MR) is 82.8 cm³/mol. The number of rotatable bonds is 2. The van der Waals surface area contributed by atoms with Crippen molar-refractivity contribution in [2.24, 2.45) is 5.92 Å². The smallest absolute Gasteiger partial charge is 0.308 e. The molecule has 0 aliphatic carbocycles. The standard InChI is InChI=1S/C16H17NO3S/c1-10-4-5-12-13(9-21-14(12)7-10)15(18)17-6-2-3-11(8-17)16(19)20/h4-5,7,9,11H,2-3,6,8H2,1H3,(H,19,20). The number of hydrogen-bond acceptors (Lipinski definition) is 3. The summed E-state index contributed by atoms with van der Waals surface area (Å²) in [6, 6.07) is 6.06. The van der Waals surface area contributed by atoms with Gasteiger partial charge in [-0.15, -0.1) is 11.3 Å². The Morgan fingerprint density at radius 3 is 2.95 bits per heavy atom. The summed E-state index contributed by atoms with van der Waals surface area (Å²) >= 11 is 1.56. The first kappa shape index (κ1) is 14.1. The van der Waals surface area contributed by atoms with Gasteiger partial charge in [0, 0.05) is 28.6 Å². The molecule has 0 spiro atoms. The molecule has 2 aromatic rings. The molecule has 1 aromatic heterocycles. The van der Waals surface area contributed by atoms with Crippen molar-refractivity contribution in [3.05, 3.63) is 34.7 Å². The Morgan fingerprint density at radius 2 is 2.19 bits per heavy atom. The first-order valence-corrected chi connectivity index (χ1v) is 7.94. The fourth-order valence-corrected chi connectivity index (χ4v) is 3.87. The van der Waals surface area contributed by atoms with E-state index in [9.17, 15) is 9.59 Å². The summed E-state index contributed by atoms with van der Waals surface area (Å²) in [5, 5.41) is 12.0. The summed E-state index contributed by atoms with van der Waals surface area (Å²) in [6.07, 6.45) is 1.41. The van der Waals surface area contributed by atoms with Gasteiger partial charge in [0.1, 0.15) is 0 Å². The average molecular weight is 303 g/mol. The van der Waals surface area contributed by atoms with E-state index < -0.39 is 11.9 Å². The number of fused-ring (bicyclic) bond motifs is 1. The molecule has 1 saturated heterocycles. The van der Waals surface area contributed by atoms with Gasteiger partial charge in [-0.2, -0.15) is 0 Å². The molecular weight excluding hydrogens is 286 g/mol. The predicted octanol–water partition coefficient (Wildman–Crippen LogP) is 3.15. The van der Waals surface area contributed by atoms with E-state index >= 15 is 0 Å². The van der Waals surface area contributed by atoms with Gasteiger partial charge in [-0.1, -0.05) is 12.1 Å². The van der Waals surface area contributed by atoms with Crippen molar-refractivity contribution in [1.29, 1.82) is 0 Å². The van der Waals surface area contributed by atoms with Gasteiger partial charge in [-0.3, -0.25) is 9.59 Å². The molecule has 1 aromatic carbocycles. The molecule has 1 unspecified atom stereocenters. The largest absolute Gasteiger partial charge is 0.481 e. The SMILES string of the molecule is Cc1ccc2c(C(=O)N3CCCC(C(=O)O)C3)csc2c1. The van der Waals surface area contributed by atoms with Crippen molar-refractivity contribution >= 4 is 33.3 Å². The highest BCUT2D eigenvalue weighted by Gasteiger charge is 2.29. The molecule has 2 heterocycles. The van der Waals surface area contributed by atoms with Crippen LogP contribution in [-0.2, 0) is 4.79 Å². The monoisotopic (exact) mass is 303 g/mol.